The van der Waals surface area contributed by atoms with Crippen molar-refractivity contribution in [2.45, 2.75) is 12.8 Å². The molecule has 0 atom stereocenters. The summed E-state index contributed by atoms with van der Waals surface area (Å²) in [5, 5.41) is 7.59. The first-order valence-corrected chi connectivity index (χ1v) is 13.6. The molecule has 1 aliphatic heterocycles. The van der Waals surface area contributed by atoms with Crippen molar-refractivity contribution in [3.05, 3.63) is 72.8 Å². The van der Waals surface area contributed by atoms with E-state index in [1.807, 2.05) is 36.4 Å². The SMILES string of the molecule is COc1cc(F)cc(-c2cccc3[nH]c(-c4n[nH]c5ccc(-c6cncc(OCCN7CCCC7)c6)nc45)nc23)c1. The topological polar surface area (TPSA) is 105 Å². The van der Waals surface area contributed by atoms with Gasteiger partial charge in [-0.1, -0.05) is 12.1 Å². The van der Waals surface area contributed by atoms with Gasteiger partial charge < -0.3 is 14.5 Å². The Hall–Kier alpha value is -4.83. The van der Waals surface area contributed by atoms with E-state index in [0.717, 1.165) is 53.2 Å². The average Bonchev–Trinajstić information content (AvgIpc) is 3.76. The lowest BCUT2D eigenvalue weighted by molar-refractivity contribution is 0.237. The van der Waals surface area contributed by atoms with Crippen LogP contribution in [0.3, 0.4) is 0 Å². The Balaban J connectivity index is 1.21. The molecule has 7 rings (SSSR count). The van der Waals surface area contributed by atoms with E-state index >= 15 is 0 Å². The smallest absolute Gasteiger partial charge is 0.161 e. The van der Waals surface area contributed by atoms with E-state index in [9.17, 15) is 4.39 Å². The molecular formula is C31H28FN7O2. The molecule has 2 aromatic carbocycles. The summed E-state index contributed by atoms with van der Waals surface area (Å²) in [6.07, 6.45) is 6.04. The molecule has 2 N–H and O–H groups in total. The number of hydrogen-bond donors (Lipinski definition) is 2. The molecule has 0 spiro atoms. The number of ether oxygens (including phenoxy) is 2. The van der Waals surface area contributed by atoms with Gasteiger partial charge in [-0.15, -0.1) is 0 Å². The second kappa shape index (κ2) is 10.6. The minimum Gasteiger partial charge on any atom is -0.497 e. The number of halogens is 1. The third-order valence-corrected chi connectivity index (χ3v) is 7.45. The molecule has 41 heavy (non-hydrogen) atoms. The molecule has 4 aromatic heterocycles. The molecule has 0 unspecified atom stereocenters. The number of imidazole rings is 1. The first kappa shape index (κ1) is 25.2. The van der Waals surface area contributed by atoms with E-state index in [1.54, 1.807) is 18.5 Å². The van der Waals surface area contributed by atoms with Crippen molar-refractivity contribution in [2.75, 3.05) is 33.4 Å². The number of para-hydroxylation sites is 1. The maximum Gasteiger partial charge on any atom is 0.161 e. The number of methoxy groups -OCH3 is 1. The standard InChI is InChI=1S/C31H28FN7O2/c1-40-22-14-19(13-21(32)16-22)24-5-4-6-26-28(24)36-31(35-26)30-29-27(37-38-30)8-7-25(34-29)20-15-23(18-33-17-20)41-12-11-39-9-2-3-10-39/h4-8,13-18H,2-3,9-12H2,1H3,(H,35,36)(H,37,38). The number of nitrogens with one attached hydrogen (secondary N) is 2. The third-order valence-electron chi connectivity index (χ3n) is 7.45. The number of likely N-dealkylation sites (tertiary alicyclic amines) is 1. The van der Waals surface area contributed by atoms with Crippen LogP contribution in [0.1, 0.15) is 12.8 Å². The zero-order valence-electron chi connectivity index (χ0n) is 22.5. The molecular weight excluding hydrogens is 521 g/mol. The van der Waals surface area contributed by atoms with Crippen molar-refractivity contribution in [1.29, 1.82) is 0 Å². The lowest BCUT2D eigenvalue weighted by atomic mass is 10.0. The normalized spacial score (nSPS) is 13.8. The van der Waals surface area contributed by atoms with Gasteiger partial charge in [0.2, 0.25) is 0 Å². The molecule has 6 aromatic rings. The highest BCUT2D eigenvalue weighted by Gasteiger charge is 2.18. The van der Waals surface area contributed by atoms with Gasteiger partial charge in [0.05, 0.1) is 35.6 Å². The molecule has 0 radical (unpaired) electrons. The van der Waals surface area contributed by atoms with Crippen LogP contribution >= 0.6 is 0 Å². The van der Waals surface area contributed by atoms with Crippen LogP contribution in [0.4, 0.5) is 4.39 Å². The van der Waals surface area contributed by atoms with E-state index in [4.69, 9.17) is 19.4 Å². The number of hydrogen-bond acceptors (Lipinski definition) is 7. The van der Waals surface area contributed by atoms with Crippen LogP contribution in [-0.2, 0) is 0 Å². The van der Waals surface area contributed by atoms with E-state index < -0.39 is 0 Å². The molecule has 1 saturated heterocycles. The van der Waals surface area contributed by atoms with Gasteiger partial charge in [0.15, 0.2) is 11.5 Å². The zero-order valence-corrected chi connectivity index (χ0v) is 22.5. The van der Waals surface area contributed by atoms with Crippen LogP contribution in [0.5, 0.6) is 11.5 Å². The van der Waals surface area contributed by atoms with Gasteiger partial charge >= 0.3 is 0 Å². The van der Waals surface area contributed by atoms with Crippen molar-refractivity contribution < 1.29 is 13.9 Å². The summed E-state index contributed by atoms with van der Waals surface area (Å²) in [6.45, 7) is 3.83. The molecule has 10 heteroatoms. The number of aromatic amines is 2. The van der Waals surface area contributed by atoms with Crippen molar-refractivity contribution >= 4 is 22.1 Å². The van der Waals surface area contributed by atoms with Gasteiger partial charge in [-0.05, 0) is 67.9 Å². The summed E-state index contributed by atoms with van der Waals surface area (Å²) in [5.74, 6) is 1.34. The number of fused-ring (bicyclic) bond motifs is 2. The van der Waals surface area contributed by atoms with E-state index in [2.05, 4.69) is 25.1 Å². The summed E-state index contributed by atoms with van der Waals surface area (Å²) >= 11 is 0. The Bertz CT molecular complexity index is 1860. The summed E-state index contributed by atoms with van der Waals surface area (Å²) in [6, 6.07) is 16.2. The van der Waals surface area contributed by atoms with Crippen LogP contribution in [0.2, 0.25) is 0 Å². The predicted molar refractivity (Wildman–Crippen MR) is 155 cm³/mol. The molecule has 0 bridgehead atoms. The Morgan fingerprint density at radius 2 is 1.78 bits per heavy atom. The Kier molecular flexibility index (Phi) is 6.52. The second-order valence-corrected chi connectivity index (χ2v) is 10.1. The maximum atomic E-state index is 14.3. The van der Waals surface area contributed by atoms with E-state index in [1.165, 1.54) is 32.1 Å². The molecule has 0 saturated carbocycles. The lowest BCUT2D eigenvalue weighted by Gasteiger charge is -2.15. The fourth-order valence-corrected chi connectivity index (χ4v) is 5.37. The van der Waals surface area contributed by atoms with Gasteiger partial charge in [-0.2, -0.15) is 5.10 Å². The minimum atomic E-state index is -0.377. The fraction of sp³-hybridized carbons (Fsp3) is 0.226. The van der Waals surface area contributed by atoms with Crippen LogP contribution in [0.25, 0.3) is 56.0 Å². The Morgan fingerprint density at radius 1 is 0.902 bits per heavy atom. The third kappa shape index (κ3) is 4.98. The van der Waals surface area contributed by atoms with E-state index in [-0.39, 0.29) is 5.82 Å². The van der Waals surface area contributed by atoms with Crippen LogP contribution in [0.15, 0.2) is 67.0 Å². The van der Waals surface area contributed by atoms with Gasteiger partial charge in [-0.25, -0.2) is 14.4 Å². The number of rotatable bonds is 8. The number of aromatic nitrogens is 6. The fourth-order valence-electron chi connectivity index (χ4n) is 5.37. The van der Waals surface area contributed by atoms with Crippen LogP contribution < -0.4 is 9.47 Å². The highest BCUT2D eigenvalue weighted by atomic mass is 19.1. The summed E-state index contributed by atoms with van der Waals surface area (Å²) in [7, 11) is 1.52. The number of pyridine rings is 2. The highest BCUT2D eigenvalue weighted by molar-refractivity contribution is 5.96. The zero-order chi connectivity index (χ0) is 27.8. The number of nitrogens with zero attached hydrogens (tertiary/aromatic N) is 5. The van der Waals surface area contributed by atoms with Crippen molar-refractivity contribution in [3.63, 3.8) is 0 Å². The Labute approximate surface area is 235 Å². The molecule has 206 valence electrons. The van der Waals surface area contributed by atoms with Crippen LogP contribution in [-0.4, -0.2) is 68.4 Å². The monoisotopic (exact) mass is 549 g/mol. The average molecular weight is 550 g/mol. The predicted octanol–water partition coefficient (Wildman–Crippen LogP) is 5.85. The Morgan fingerprint density at radius 3 is 2.66 bits per heavy atom. The van der Waals surface area contributed by atoms with Gasteiger partial charge in [0.1, 0.15) is 29.4 Å². The second-order valence-electron chi connectivity index (χ2n) is 10.1. The van der Waals surface area contributed by atoms with E-state index in [0.29, 0.717) is 40.5 Å². The molecule has 9 nitrogen and oxygen atoms in total. The molecule has 1 aliphatic rings. The first-order valence-electron chi connectivity index (χ1n) is 13.6. The largest absolute Gasteiger partial charge is 0.497 e. The molecule has 0 amide bonds. The van der Waals surface area contributed by atoms with Crippen molar-refractivity contribution in [2.24, 2.45) is 0 Å². The number of H-pyrrole nitrogens is 2. The highest BCUT2D eigenvalue weighted by Crippen LogP contribution is 2.33. The van der Waals surface area contributed by atoms with Gasteiger partial charge in [-0.3, -0.25) is 15.0 Å². The van der Waals surface area contributed by atoms with Crippen LogP contribution in [0, 0.1) is 5.82 Å². The van der Waals surface area contributed by atoms with Crippen molar-refractivity contribution in [3.8, 4) is 45.4 Å². The molecule has 1 fully saturated rings. The molecule has 0 aliphatic carbocycles. The summed E-state index contributed by atoms with van der Waals surface area (Å²) in [4.78, 5) is 20.0. The van der Waals surface area contributed by atoms with Gasteiger partial charge in [0, 0.05) is 29.9 Å². The summed E-state index contributed by atoms with van der Waals surface area (Å²) in [5.41, 5.74) is 6.61. The maximum absolute atomic E-state index is 14.3. The quantitative estimate of drug-likeness (QED) is 0.245. The van der Waals surface area contributed by atoms with Crippen molar-refractivity contribution in [1.82, 2.24) is 35.0 Å². The number of benzene rings is 2. The summed E-state index contributed by atoms with van der Waals surface area (Å²) < 4.78 is 25.6. The molecule has 5 heterocycles. The van der Waals surface area contributed by atoms with Gasteiger partial charge in [0.25, 0.3) is 0 Å². The minimum absolute atomic E-state index is 0.377. The lowest BCUT2D eigenvalue weighted by Crippen LogP contribution is -2.25. The first-order chi connectivity index (χ1) is 20.1.